The van der Waals surface area contributed by atoms with Crippen LogP contribution in [0, 0.1) is 0 Å². The summed E-state index contributed by atoms with van der Waals surface area (Å²) < 4.78 is 5.04. The fourth-order valence-electron chi connectivity index (χ4n) is 2.24. The fourth-order valence-corrected chi connectivity index (χ4v) is 2.86. The van der Waals surface area contributed by atoms with Gasteiger partial charge >= 0.3 is 5.97 Å². The molecule has 2 rings (SSSR count). The molecule has 1 N–H and O–H groups in total. The topological polar surface area (TPSA) is 72.5 Å². The van der Waals surface area contributed by atoms with E-state index in [1.54, 1.807) is 29.6 Å². The van der Waals surface area contributed by atoms with E-state index in [2.05, 4.69) is 26.1 Å². The number of nitrogens with one attached hydrogen (secondary N) is 1. The van der Waals surface area contributed by atoms with Crippen LogP contribution in [0.25, 0.3) is 0 Å². The highest BCUT2D eigenvalue weighted by atomic mass is 32.1. The van der Waals surface area contributed by atoms with Gasteiger partial charge in [0.05, 0.1) is 4.88 Å². The molecule has 0 aliphatic heterocycles. The van der Waals surface area contributed by atoms with Crippen molar-refractivity contribution in [2.24, 2.45) is 0 Å². The molecule has 0 aliphatic carbocycles. The number of Topliss-reactive ketones (excluding diaryl/α,β-unsaturated/α-hetero) is 1. The van der Waals surface area contributed by atoms with E-state index in [0.717, 1.165) is 5.56 Å². The van der Waals surface area contributed by atoms with Crippen LogP contribution < -0.4 is 5.32 Å². The number of amides is 1. The standard InChI is InChI=1S/C20H23NO4S/c1-13(21-18(23)17-6-5-11-26-17)19(24)25-12-16(22)14-7-9-15(10-8-14)20(2,3)4/h5-11,13H,12H2,1-4H3,(H,21,23). The number of benzene rings is 1. The molecule has 1 amide bonds. The fraction of sp³-hybridized carbons (Fsp3) is 0.350. The van der Waals surface area contributed by atoms with Crippen LogP contribution in [-0.4, -0.2) is 30.3 Å². The number of rotatable bonds is 6. The molecule has 0 aliphatic rings. The van der Waals surface area contributed by atoms with Crippen LogP contribution in [0.2, 0.25) is 0 Å². The van der Waals surface area contributed by atoms with Gasteiger partial charge in [-0.2, -0.15) is 0 Å². The Kier molecular flexibility index (Phi) is 6.32. The molecule has 26 heavy (non-hydrogen) atoms. The molecule has 0 saturated heterocycles. The smallest absolute Gasteiger partial charge is 0.328 e. The lowest BCUT2D eigenvalue weighted by Gasteiger charge is -2.19. The molecule has 0 bridgehead atoms. The molecule has 6 heteroatoms. The number of hydrogen-bond acceptors (Lipinski definition) is 5. The maximum Gasteiger partial charge on any atom is 0.328 e. The Morgan fingerprint density at radius 2 is 1.77 bits per heavy atom. The average Bonchev–Trinajstić information content (AvgIpc) is 3.13. The summed E-state index contributed by atoms with van der Waals surface area (Å²) >= 11 is 1.28. The highest BCUT2D eigenvalue weighted by Gasteiger charge is 2.20. The van der Waals surface area contributed by atoms with Gasteiger partial charge in [0.1, 0.15) is 6.04 Å². The minimum Gasteiger partial charge on any atom is -0.456 e. The molecular formula is C20H23NO4S. The van der Waals surface area contributed by atoms with Crippen LogP contribution in [0.1, 0.15) is 53.3 Å². The maximum atomic E-state index is 12.2. The van der Waals surface area contributed by atoms with Gasteiger partial charge in [-0.05, 0) is 29.3 Å². The molecule has 0 radical (unpaired) electrons. The summed E-state index contributed by atoms with van der Waals surface area (Å²) in [6.45, 7) is 7.45. The van der Waals surface area contributed by atoms with Crippen LogP contribution in [0.3, 0.4) is 0 Å². The Hall–Kier alpha value is -2.47. The summed E-state index contributed by atoms with van der Waals surface area (Å²) in [5, 5.41) is 4.33. The molecule has 0 saturated carbocycles. The summed E-state index contributed by atoms with van der Waals surface area (Å²) in [6.07, 6.45) is 0. The Labute approximate surface area is 157 Å². The van der Waals surface area contributed by atoms with Gasteiger partial charge in [-0.25, -0.2) is 4.79 Å². The molecule has 0 fully saturated rings. The summed E-state index contributed by atoms with van der Waals surface area (Å²) in [7, 11) is 0. The van der Waals surface area contributed by atoms with E-state index < -0.39 is 12.0 Å². The molecule has 1 aromatic carbocycles. The zero-order valence-corrected chi connectivity index (χ0v) is 16.2. The normalized spacial score (nSPS) is 12.3. The SMILES string of the molecule is CC(NC(=O)c1cccs1)C(=O)OCC(=O)c1ccc(C(C)(C)C)cc1. The predicted octanol–water partition coefficient (Wildman–Crippen LogP) is 3.59. The third-order valence-electron chi connectivity index (χ3n) is 3.86. The Morgan fingerprint density at radius 3 is 2.31 bits per heavy atom. The van der Waals surface area contributed by atoms with Crippen molar-refractivity contribution in [3.05, 3.63) is 57.8 Å². The van der Waals surface area contributed by atoms with Gasteiger partial charge in [0.15, 0.2) is 12.4 Å². The predicted molar refractivity (Wildman–Crippen MR) is 102 cm³/mol. The third kappa shape index (κ3) is 5.26. The lowest BCUT2D eigenvalue weighted by atomic mass is 9.86. The quantitative estimate of drug-likeness (QED) is 0.620. The summed E-state index contributed by atoms with van der Waals surface area (Å²) in [5.41, 5.74) is 1.61. The summed E-state index contributed by atoms with van der Waals surface area (Å²) in [4.78, 5) is 36.6. The second-order valence-corrected chi connectivity index (χ2v) is 7.98. The zero-order chi connectivity index (χ0) is 19.3. The van der Waals surface area contributed by atoms with Crippen molar-refractivity contribution in [2.75, 3.05) is 6.61 Å². The molecule has 1 atom stereocenters. The number of carbonyl (C=O) groups excluding carboxylic acids is 3. The lowest BCUT2D eigenvalue weighted by molar-refractivity contribution is -0.144. The molecule has 2 aromatic rings. The van der Waals surface area contributed by atoms with Crippen LogP contribution in [-0.2, 0) is 14.9 Å². The first kappa shape index (κ1) is 19.8. The number of thiophene rings is 1. The van der Waals surface area contributed by atoms with E-state index in [4.69, 9.17) is 4.74 Å². The average molecular weight is 373 g/mol. The van der Waals surface area contributed by atoms with Gasteiger partial charge in [0.2, 0.25) is 0 Å². The van der Waals surface area contributed by atoms with E-state index in [9.17, 15) is 14.4 Å². The van der Waals surface area contributed by atoms with Crippen LogP contribution in [0.4, 0.5) is 0 Å². The van der Waals surface area contributed by atoms with Gasteiger partial charge in [0, 0.05) is 5.56 Å². The summed E-state index contributed by atoms with van der Waals surface area (Å²) in [6, 6.07) is 9.87. The van der Waals surface area contributed by atoms with E-state index in [1.807, 2.05) is 12.1 Å². The first-order valence-corrected chi connectivity index (χ1v) is 9.21. The minimum atomic E-state index is -0.833. The van der Waals surface area contributed by atoms with E-state index in [-0.39, 0.29) is 23.7 Å². The second kappa shape index (κ2) is 8.27. The van der Waals surface area contributed by atoms with Crippen LogP contribution >= 0.6 is 11.3 Å². The maximum absolute atomic E-state index is 12.2. The van der Waals surface area contributed by atoms with Crippen molar-refractivity contribution < 1.29 is 19.1 Å². The number of hydrogen-bond donors (Lipinski definition) is 1. The molecule has 138 valence electrons. The van der Waals surface area contributed by atoms with Crippen molar-refractivity contribution in [1.29, 1.82) is 0 Å². The molecule has 0 spiro atoms. The molecule has 1 heterocycles. The van der Waals surface area contributed by atoms with Crippen molar-refractivity contribution in [3.63, 3.8) is 0 Å². The van der Waals surface area contributed by atoms with Crippen molar-refractivity contribution >= 4 is 29.0 Å². The molecule has 1 aromatic heterocycles. The van der Waals surface area contributed by atoms with Gasteiger partial charge in [0.25, 0.3) is 5.91 Å². The zero-order valence-electron chi connectivity index (χ0n) is 15.4. The second-order valence-electron chi connectivity index (χ2n) is 7.03. The number of ketones is 1. The van der Waals surface area contributed by atoms with Crippen molar-refractivity contribution in [1.82, 2.24) is 5.32 Å². The van der Waals surface area contributed by atoms with Crippen LogP contribution in [0.15, 0.2) is 41.8 Å². The Bertz CT molecular complexity index is 773. The Balaban J connectivity index is 1.86. The van der Waals surface area contributed by atoms with Gasteiger partial charge in [-0.3, -0.25) is 9.59 Å². The molecule has 5 nitrogen and oxygen atoms in total. The first-order valence-electron chi connectivity index (χ1n) is 8.33. The molecule has 1 unspecified atom stereocenters. The largest absolute Gasteiger partial charge is 0.456 e. The Morgan fingerprint density at radius 1 is 1.12 bits per heavy atom. The van der Waals surface area contributed by atoms with Gasteiger partial charge in [-0.15, -0.1) is 11.3 Å². The van der Waals surface area contributed by atoms with Gasteiger partial charge < -0.3 is 10.1 Å². The number of ether oxygens (including phenoxy) is 1. The van der Waals surface area contributed by atoms with Crippen LogP contribution in [0.5, 0.6) is 0 Å². The highest BCUT2D eigenvalue weighted by molar-refractivity contribution is 7.12. The third-order valence-corrected chi connectivity index (χ3v) is 4.73. The minimum absolute atomic E-state index is 0.00421. The summed E-state index contributed by atoms with van der Waals surface area (Å²) in [5.74, 6) is -1.27. The van der Waals surface area contributed by atoms with E-state index >= 15 is 0 Å². The van der Waals surface area contributed by atoms with Crippen molar-refractivity contribution in [3.8, 4) is 0 Å². The van der Waals surface area contributed by atoms with E-state index in [1.165, 1.54) is 18.3 Å². The van der Waals surface area contributed by atoms with Crippen molar-refractivity contribution in [2.45, 2.75) is 39.2 Å². The monoisotopic (exact) mass is 373 g/mol. The number of esters is 1. The highest BCUT2D eigenvalue weighted by Crippen LogP contribution is 2.22. The van der Waals surface area contributed by atoms with E-state index in [0.29, 0.717) is 10.4 Å². The number of carbonyl (C=O) groups is 3. The first-order chi connectivity index (χ1) is 12.2. The van der Waals surface area contributed by atoms with Gasteiger partial charge in [-0.1, -0.05) is 51.1 Å². The molecular weight excluding hydrogens is 350 g/mol. The lowest BCUT2D eigenvalue weighted by Crippen LogP contribution is -2.39.